The number of nitrogens with zero attached hydrogens (tertiary/aromatic N) is 3. The van der Waals surface area contributed by atoms with Crippen LogP contribution in [-0.2, 0) is 0 Å². The van der Waals surface area contributed by atoms with E-state index in [-0.39, 0.29) is 5.91 Å². The summed E-state index contributed by atoms with van der Waals surface area (Å²) in [6.45, 7) is 8.30. The van der Waals surface area contributed by atoms with Crippen LogP contribution in [0.5, 0.6) is 0 Å². The molecule has 1 aliphatic carbocycles. The fourth-order valence-corrected chi connectivity index (χ4v) is 3.51. The number of hydrogen-bond acceptors (Lipinski definition) is 6. The minimum Gasteiger partial charge on any atom is -0.382 e. The van der Waals surface area contributed by atoms with Gasteiger partial charge in [-0.05, 0) is 38.2 Å². The highest BCUT2D eigenvalue weighted by atomic mass is 32.1. The van der Waals surface area contributed by atoms with Gasteiger partial charge in [0.2, 0.25) is 0 Å². The third-order valence-corrected chi connectivity index (χ3v) is 5.10. The predicted molar refractivity (Wildman–Crippen MR) is 85.9 cm³/mol. The molecule has 1 aromatic rings. The molecule has 0 radical (unpaired) electrons. The molecule has 0 aromatic carbocycles. The predicted octanol–water partition coefficient (Wildman–Crippen LogP) is 1.15. The lowest BCUT2D eigenvalue weighted by Crippen LogP contribution is -2.49. The van der Waals surface area contributed by atoms with Crippen LogP contribution in [0.2, 0.25) is 0 Å². The van der Waals surface area contributed by atoms with Gasteiger partial charge in [0.25, 0.3) is 5.91 Å². The first kappa shape index (κ1) is 14.6. The first-order valence-corrected chi connectivity index (χ1v) is 8.38. The van der Waals surface area contributed by atoms with Gasteiger partial charge >= 0.3 is 0 Å². The minimum atomic E-state index is -0.0648. The SMILES string of the molecule is CC(C)N1CCN(c2snc(N)c2C(=O)NC2CC2)CC1. The highest BCUT2D eigenvalue weighted by Crippen LogP contribution is 2.32. The Bertz CT molecular complexity index is 517. The van der Waals surface area contributed by atoms with Gasteiger partial charge in [0, 0.05) is 38.3 Å². The van der Waals surface area contributed by atoms with E-state index in [4.69, 9.17) is 5.73 Å². The zero-order chi connectivity index (χ0) is 15.0. The van der Waals surface area contributed by atoms with Crippen LogP contribution in [0.3, 0.4) is 0 Å². The first-order chi connectivity index (χ1) is 10.1. The molecular weight excluding hydrogens is 286 g/mol. The number of nitrogens with one attached hydrogen (secondary N) is 1. The standard InChI is InChI=1S/C14H23N5OS/c1-9(2)18-5-7-19(8-6-18)14-11(12(15)17-21-14)13(20)16-10-3-4-10/h9-10H,3-8H2,1-2H3,(H2,15,17)(H,16,20). The lowest BCUT2D eigenvalue weighted by Gasteiger charge is -2.37. The Hall–Kier alpha value is -1.34. The molecule has 1 saturated carbocycles. The maximum absolute atomic E-state index is 12.4. The molecule has 21 heavy (non-hydrogen) atoms. The summed E-state index contributed by atoms with van der Waals surface area (Å²) in [5.41, 5.74) is 6.50. The molecule has 1 amide bonds. The van der Waals surface area contributed by atoms with E-state index in [9.17, 15) is 4.79 Å². The summed E-state index contributed by atoms with van der Waals surface area (Å²) in [6, 6.07) is 0.902. The number of rotatable bonds is 4. The second-order valence-corrected chi connectivity index (χ2v) is 6.86. The Labute approximate surface area is 129 Å². The fraction of sp³-hybridized carbons (Fsp3) is 0.714. The van der Waals surface area contributed by atoms with Crippen LogP contribution in [0.1, 0.15) is 37.0 Å². The first-order valence-electron chi connectivity index (χ1n) is 7.61. The summed E-state index contributed by atoms with van der Waals surface area (Å²) in [4.78, 5) is 17.0. The molecule has 1 saturated heterocycles. The van der Waals surface area contributed by atoms with Gasteiger partial charge in [-0.25, -0.2) is 0 Å². The smallest absolute Gasteiger partial charge is 0.258 e. The normalized spacial score (nSPS) is 20.0. The molecular formula is C14H23N5OS. The number of carbonyl (C=O) groups excluding carboxylic acids is 1. The number of anilines is 2. The molecule has 1 aromatic heterocycles. The van der Waals surface area contributed by atoms with Crippen molar-refractivity contribution in [2.24, 2.45) is 0 Å². The Morgan fingerprint density at radius 1 is 1.33 bits per heavy atom. The Morgan fingerprint density at radius 3 is 2.57 bits per heavy atom. The molecule has 0 bridgehead atoms. The number of hydrogen-bond donors (Lipinski definition) is 2. The van der Waals surface area contributed by atoms with Crippen molar-refractivity contribution in [1.82, 2.24) is 14.6 Å². The van der Waals surface area contributed by atoms with Gasteiger partial charge in [0.15, 0.2) is 5.82 Å². The lowest BCUT2D eigenvalue weighted by atomic mass is 10.2. The Kier molecular flexibility index (Phi) is 4.03. The van der Waals surface area contributed by atoms with Crippen LogP contribution < -0.4 is 16.0 Å². The van der Waals surface area contributed by atoms with E-state index in [0.29, 0.717) is 23.5 Å². The largest absolute Gasteiger partial charge is 0.382 e. The van der Waals surface area contributed by atoms with E-state index >= 15 is 0 Å². The average Bonchev–Trinajstić information content (AvgIpc) is 3.18. The second kappa shape index (κ2) is 5.81. The molecule has 1 aliphatic heterocycles. The van der Waals surface area contributed by atoms with E-state index in [1.54, 1.807) is 0 Å². The zero-order valence-electron chi connectivity index (χ0n) is 12.6. The topological polar surface area (TPSA) is 74.5 Å². The van der Waals surface area contributed by atoms with E-state index in [1.165, 1.54) is 11.5 Å². The van der Waals surface area contributed by atoms with Crippen LogP contribution in [0, 0.1) is 0 Å². The van der Waals surface area contributed by atoms with Crippen LogP contribution >= 0.6 is 11.5 Å². The summed E-state index contributed by atoms with van der Waals surface area (Å²) >= 11 is 1.34. The summed E-state index contributed by atoms with van der Waals surface area (Å²) in [5.74, 6) is 0.296. The molecule has 3 rings (SSSR count). The molecule has 116 valence electrons. The van der Waals surface area contributed by atoms with Crippen molar-refractivity contribution >= 4 is 28.3 Å². The van der Waals surface area contributed by atoms with E-state index < -0.39 is 0 Å². The monoisotopic (exact) mass is 309 g/mol. The number of nitrogens with two attached hydrogens (primary N) is 1. The molecule has 2 aliphatic rings. The van der Waals surface area contributed by atoms with Gasteiger partial charge in [-0.1, -0.05) is 0 Å². The third-order valence-electron chi connectivity index (χ3n) is 4.17. The minimum absolute atomic E-state index is 0.0648. The molecule has 0 unspecified atom stereocenters. The summed E-state index contributed by atoms with van der Waals surface area (Å²) in [7, 11) is 0. The van der Waals surface area contributed by atoms with Crippen molar-refractivity contribution in [3.05, 3.63) is 5.56 Å². The molecule has 0 atom stereocenters. The number of aromatic nitrogens is 1. The van der Waals surface area contributed by atoms with Crippen molar-refractivity contribution < 1.29 is 4.79 Å². The van der Waals surface area contributed by atoms with Crippen LogP contribution in [0.15, 0.2) is 0 Å². The quantitative estimate of drug-likeness (QED) is 0.873. The van der Waals surface area contributed by atoms with Crippen molar-refractivity contribution in [3.8, 4) is 0 Å². The summed E-state index contributed by atoms with van der Waals surface area (Å²) in [6.07, 6.45) is 2.15. The van der Waals surface area contributed by atoms with E-state index in [2.05, 4.69) is 33.3 Å². The Balaban J connectivity index is 1.72. The maximum Gasteiger partial charge on any atom is 0.258 e. The van der Waals surface area contributed by atoms with Gasteiger partial charge in [0.1, 0.15) is 10.6 Å². The summed E-state index contributed by atoms with van der Waals surface area (Å²) in [5, 5.41) is 3.94. The van der Waals surface area contributed by atoms with Gasteiger partial charge in [0.05, 0.1) is 0 Å². The fourth-order valence-electron chi connectivity index (χ4n) is 2.65. The molecule has 6 nitrogen and oxygen atoms in total. The number of piperazine rings is 1. The van der Waals surface area contributed by atoms with Crippen molar-refractivity contribution in [2.75, 3.05) is 36.8 Å². The zero-order valence-corrected chi connectivity index (χ0v) is 13.4. The summed E-state index contributed by atoms with van der Waals surface area (Å²) < 4.78 is 4.20. The highest BCUT2D eigenvalue weighted by Gasteiger charge is 2.30. The Morgan fingerprint density at radius 2 is 2.00 bits per heavy atom. The number of carbonyl (C=O) groups is 1. The molecule has 2 heterocycles. The van der Waals surface area contributed by atoms with Crippen LogP contribution in [0.4, 0.5) is 10.8 Å². The third kappa shape index (κ3) is 3.13. The van der Waals surface area contributed by atoms with Gasteiger partial charge < -0.3 is 16.0 Å². The number of amides is 1. The molecule has 2 fully saturated rings. The molecule has 0 spiro atoms. The van der Waals surface area contributed by atoms with Gasteiger partial charge in [-0.3, -0.25) is 9.69 Å². The van der Waals surface area contributed by atoms with Crippen molar-refractivity contribution in [3.63, 3.8) is 0 Å². The van der Waals surface area contributed by atoms with Crippen molar-refractivity contribution in [2.45, 2.75) is 38.8 Å². The molecule has 3 N–H and O–H groups in total. The van der Waals surface area contributed by atoms with Crippen LogP contribution in [0.25, 0.3) is 0 Å². The lowest BCUT2D eigenvalue weighted by molar-refractivity contribution is 0.0952. The van der Waals surface area contributed by atoms with Gasteiger partial charge in [-0.15, -0.1) is 0 Å². The van der Waals surface area contributed by atoms with Crippen molar-refractivity contribution in [1.29, 1.82) is 0 Å². The van der Waals surface area contributed by atoms with E-state index in [1.807, 2.05) is 0 Å². The molecule has 7 heteroatoms. The average molecular weight is 309 g/mol. The maximum atomic E-state index is 12.4. The van der Waals surface area contributed by atoms with Crippen LogP contribution in [-0.4, -0.2) is 53.4 Å². The second-order valence-electron chi connectivity index (χ2n) is 6.11. The van der Waals surface area contributed by atoms with Gasteiger partial charge in [-0.2, -0.15) is 4.37 Å². The number of nitrogen functional groups attached to an aromatic ring is 1. The highest BCUT2D eigenvalue weighted by molar-refractivity contribution is 7.11. The van der Waals surface area contributed by atoms with E-state index in [0.717, 1.165) is 44.0 Å².